The summed E-state index contributed by atoms with van der Waals surface area (Å²) in [6, 6.07) is 0. The molecule has 0 aliphatic heterocycles. The van der Waals surface area contributed by atoms with Crippen molar-refractivity contribution in [2.24, 2.45) is 0 Å². The maximum Gasteiger partial charge on any atom is 0.422 e. The smallest absolute Gasteiger partial charge is 0.422 e. The van der Waals surface area contributed by atoms with Gasteiger partial charge in [-0.2, -0.15) is 13.2 Å². The van der Waals surface area contributed by atoms with E-state index in [2.05, 4.69) is 20.0 Å². The standard InChI is InChI=1S/C9H12F3N3O2/c10-9(11,12)6-17-8(16)15-3-1-2-7-13-4-5-14-7/h4-5H,1-3,6H2,(H,13,14)(H,15,16). The molecule has 5 nitrogen and oxygen atoms in total. The van der Waals surface area contributed by atoms with Crippen molar-refractivity contribution in [3.63, 3.8) is 0 Å². The van der Waals surface area contributed by atoms with Gasteiger partial charge >= 0.3 is 12.3 Å². The third kappa shape index (κ3) is 6.44. The Morgan fingerprint density at radius 3 is 2.88 bits per heavy atom. The first-order valence-electron chi connectivity index (χ1n) is 4.93. The summed E-state index contributed by atoms with van der Waals surface area (Å²) in [5.74, 6) is 0.760. The average Bonchev–Trinajstić information content (AvgIpc) is 2.73. The third-order valence-electron chi connectivity index (χ3n) is 1.78. The van der Waals surface area contributed by atoms with Crippen LogP contribution in [-0.2, 0) is 11.2 Å². The lowest BCUT2D eigenvalue weighted by atomic mass is 10.3. The number of nitrogens with zero attached hydrogens (tertiary/aromatic N) is 1. The summed E-state index contributed by atoms with van der Waals surface area (Å²) in [6.45, 7) is -1.34. The predicted octanol–water partition coefficient (Wildman–Crippen LogP) is 1.63. The Kier molecular flexibility index (Phi) is 4.80. The van der Waals surface area contributed by atoms with Crippen LogP contribution in [0, 0.1) is 0 Å². The number of aryl methyl sites for hydroxylation is 1. The first-order chi connectivity index (χ1) is 7.97. The zero-order valence-corrected chi connectivity index (χ0v) is 8.88. The highest BCUT2D eigenvalue weighted by atomic mass is 19.4. The van der Waals surface area contributed by atoms with Gasteiger partial charge in [-0.3, -0.25) is 0 Å². The molecular formula is C9H12F3N3O2. The normalized spacial score (nSPS) is 11.2. The quantitative estimate of drug-likeness (QED) is 0.781. The highest BCUT2D eigenvalue weighted by Gasteiger charge is 2.29. The molecule has 0 aliphatic rings. The number of nitrogens with one attached hydrogen (secondary N) is 2. The second-order valence-electron chi connectivity index (χ2n) is 3.26. The van der Waals surface area contributed by atoms with E-state index >= 15 is 0 Å². The van der Waals surface area contributed by atoms with Crippen LogP contribution in [0.5, 0.6) is 0 Å². The second kappa shape index (κ2) is 6.12. The first-order valence-corrected chi connectivity index (χ1v) is 4.93. The Balaban J connectivity index is 2.04. The van der Waals surface area contributed by atoms with Crippen LogP contribution in [-0.4, -0.2) is 35.4 Å². The lowest BCUT2D eigenvalue weighted by molar-refractivity contribution is -0.160. The van der Waals surface area contributed by atoms with Crippen molar-refractivity contribution in [2.75, 3.05) is 13.2 Å². The number of carbonyl (C=O) groups is 1. The van der Waals surface area contributed by atoms with E-state index in [0.29, 0.717) is 12.8 Å². The molecule has 1 heterocycles. The minimum Gasteiger partial charge on any atom is -0.440 e. The van der Waals surface area contributed by atoms with Crippen molar-refractivity contribution in [3.8, 4) is 0 Å². The molecule has 0 spiro atoms. The molecule has 1 amide bonds. The fourth-order valence-corrected chi connectivity index (χ4v) is 1.08. The van der Waals surface area contributed by atoms with Crippen LogP contribution in [0.4, 0.5) is 18.0 Å². The van der Waals surface area contributed by atoms with Crippen molar-refractivity contribution >= 4 is 6.09 Å². The summed E-state index contributed by atoms with van der Waals surface area (Å²) >= 11 is 0. The van der Waals surface area contributed by atoms with E-state index in [1.165, 1.54) is 0 Å². The van der Waals surface area contributed by atoms with Crippen LogP contribution >= 0.6 is 0 Å². The molecule has 0 unspecified atom stereocenters. The topological polar surface area (TPSA) is 67.0 Å². The molecule has 0 fully saturated rings. The van der Waals surface area contributed by atoms with Gasteiger partial charge < -0.3 is 15.0 Å². The molecule has 2 N–H and O–H groups in total. The average molecular weight is 251 g/mol. The van der Waals surface area contributed by atoms with Crippen LogP contribution in [0.2, 0.25) is 0 Å². The molecule has 0 aliphatic carbocycles. The van der Waals surface area contributed by atoms with Gasteiger partial charge in [-0.1, -0.05) is 0 Å². The minimum atomic E-state index is -4.49. The van der Waals surface area contributed by atoms with Gasteiger partial charge in [0.05, 0.1) is 0 Å². The number of rotatable bonds is 5. The van der Waals surface area contributed by atoms with Gasteiger partial charge in [-0.05, 0) is 6.42 Å². The summed E-state index contributed by atoms with van der Waals surface area (Å²) in [4.78, 5) is 17.6. The number of aromatic nitrogens is 2. The van der Waals surface area contributed by atoms with Gasteiger partial charge in [0.2, 0.25) is 0 Å². The lowest BCUT2D eigenvalue weighted by Gasteiger charge is -2.08. The molecule has 1 aromatic heterocycles. The van der Waals surface area contributed by atoms with Gasteiger partial charge in [0, 0.05) is 25.4 Å². The summed E-state index contributed by atoms with van der Waals surface area (Å²) in [6.07, 6.45) is -1.13. The van der Waals surface area contributed by atoms with Crippen molar-refractivity contribution in [1.29, 1.82) is 0 Å². The molecule has 0 aromatic carbocycles. The van der Waals surface area contributed by atoms with Gasteiger partial charge in [-0.25, -0.2) is 9.78 Å². The number of carbonyl (C=O) groups excluding carboxylic acids is 1. The number of hydrogen-bond donors (Lipinski definition) is 2. The highest BCUT2D eigenvalue weighted by molar-refractivity contribution is 5.67. The van der Waals surface area contributed by atoms with Crippen LogP contribution in [0.25, 0.3) is 0 Å². The molecule has 0 bridgehead atoms. The number of imidazole rings is 1. The van der Waals surface area contributed by atoms with Crippen LogP contribution in [0.15, 0.2) is 12.4 Å². The lowest BCUT2D eigenvalue weighted by Crippen LogP contribution is -2.29. The third-order valence-corrected chi connectivity index (χ3v) is 1.78. The van der Waals surface area contributed by atoms with Crippen LogP contribution in [0.1, 0.15) is 12.2 Å². The van der Waals surface area contributed by atoms with E-state index in [-0.39, 0.29) is 6.54 Å². The predicted molar refractivity (Wildman–Crippen MR) is 52.3 cm³/mol. The number of H-pyrrole nitrogens is 1. The molecule has 0 saturated heterocycles. The van der Waals surface area contributed by atoms with Gasteiger partial charge in [0.15, 0.2) is 6.61 Å². The van der Waals surface area contributed by atoms with Gasteiger partial charge in [-0.15, -0.1) is 0 Å². The van der Waals surface area contributed by atoms with E-state index in [1.54, 1.807) is 12.4 Å². The molecule has 96 valence electrons. The number of halogens is 3. The molecule has 17 heavy (non-hydrogen) atoms. The van der Waals surface area contributed by atoms with Crippen LogP contribution < -0.4 is 5.32 Å². The van der Waals surface area contributed by atoms with E-state index in [9.17, 15) is 18.0 Å². The molecule has 1 rings (SSSR count). The Hall–Kier alpha value is -1.73. The largest absolute Gasteiger partial charge is 0.440 e. The van der Waals surface area contributed by atoms with Crippen molar-refractivity contribution in [3.05, 3.63) is 18.2 Å². The van der Waals surface area contributed by atoms with Crippen LogP contribution in [0.3, 0.4) is 0 Å². The maximum atomic E-state index is 11.7. The SMILES string of the molecule is O=C(NCCCc1ncc[nH]1)OCC(F)(F)F. The van der Waals surface area contributed by atoms with E-state index in [0.717, 1.165) is 5.82 Å². The number of hydrogen-bond acceptors (Lipinski definition) is 3. The molecule has 0 saturated carbocycles. The minimum absolute atomic E-state index is 0.234. The van der Waals surface area contributed by atoms with E-state index in [1.807, 2.05) is 0 Å². The summed E-state index contributed by atoms with van der Waals surface area (Å²) in [5.41, 5.74) is 0. The number of aromatic amines is 1. The monoisotopic (exact) mass is 251 g/mol. The van der Waals surface area contributed by atoms with Gasteiger partial charge in [0.25, 0.3) is 0 Å². The molecule has 8 heteroatoms. The Bertz CT molecular complexity index is 338. The summed E-state index contributed by atoms with van der Waals surface area (Å²) in [5, 5.41) is 2.21. The Morgan fingerprint density at radius 2 is 2.29 bits per heavy atom. The fraction of sp³-hybridized carbons (Fsp3) is 0.556. The molecule has 1 aromatic rings. The summed E-state index contributed by atoms with van der Waals surface area (Å²) < 4.78 is 39.0. The zero-order valence-electron chi connectivity index (χ0n) is 8.88. The van der Waals surface area contributed by atoms with Crippen molar-refractivity contribution in [1.82, 2.24) is 15.3 Å². The maximum absolute atomic E-state index is 11.7. The fourth-order valence-electron chi connectivity index (χ4n) is 1.08. The van der Waals surface area contributed by atoms with E-state index < -0.39 is 18.9 Å². The zero-order chi connectivity index (χ0) is 12.7. The number of alkyl carbamates (subject to hydrolysis) is 1. The first kappa shape index (κ1) is 13.3. The second-order valence-corrected chi connectivity index (χ2v) is 3.26. The molecule has 0 radical (unpaired) electrons. The summed E-state index contributed by atoms with van der Waals surface area (Å²) in [7, 11) is 0. The number of ether oxygens (including phenoxy) is 1. The van der Waals surface area contributed by atoms with Crippen molar-refractivity contribution in [2.45, 2.75) is 19.0 Å². The van der Waals surface area contributed by atoms with Crippen molar-refractivity contribution < 1.29 is 22.7 Å². The Morgan fingerprint density at radius 1 is 1.53 bits per heavy atom. The van der Waals surface area contributed by atoms with Gasteiger partial charge in [0.1, 0.15) is 5.82 Å². The van der Waals surface area contributed by atoms with E-state index in [4.69, 9.17) is 0 Å². The highest BCUT2D eigenvalue weighted by Crippen LogP contribution is 2.14. The molecule has 0 atom stereocenters. The number of alkyl halides is 3. The molecular weight excluding hydrogens is 239 g/mol. The Labute approximate surface area is 95.4 Å². The number of amides is 1.